The standard InChI is InChI=1S/C25H31NO5/c1-3-5-7-19-8-10-20(11-9-19)23(27)18-31-24(28)17-26-25(29)21-12-14-22(15-13-21)30-16-6-4-2/h8-15H,3-7,16-18H2,1-2H3,(H,26,29). The molecule has 1 amide bonds. The van der Waals surface area contributed by atoms with E-state index in [2.05, 4.69) is 19.2 Å². The highest BCUT2D eigenvalue weighted by molar-refractivity contribution is 5.98. The first kappa shape index (κ1) is 24.1. The molecular formula is C25H31NO5. The lowest BCUT2D eigenvalue weighted by atomic mass is 10.0. The molecule has 166 valence electrons. The molecule has 0 saturated heterocycles. The van der Waals surface area contributed by atoms with Gasteiger partial charge in [-0.05, 0) is 49.1 Å². The van der Waals surface area contributed by atoms with E-state index in [-0.39, 0.29) is 18.9 Å². The van der Waals surface area contributed by atoms with Gasteiger partial charge >= 0.3 is 5.97 Å². The predicted molar refractivity (Wildman–Crippen MR) is 120 cm³/mol. The number of Topliss-reactive ketones (excluding diaryl/α,β-unsaturated/α-hetero) is 1. The Hall–Kier alpha value is -3.15. The fraction of sp³-hybridized carbons (Fsp3) is 0.400. The second-order valence-electron chi connectivity index (χ2n) is 7.29. The molecular weight excluding hydrogens is 394 g/mol. The van der Waals surface area contributed by atoms with Crippen molar-refractivity contribution < 1.29 is 23.9 Å². The number of ketones is 1. The Bertz CT molecular complexity index is 843. The number of amides is 1. The molecule has 2 aromatic carbocycles. The highest BCUT2D eigenvalue weighted by Crippen LogP contribution is 2.13. The topological polar surface area (TPSA) is 81.7 Å². The number of carbonyl (C=O) groups excluding carboxylic acids is 3. The van der Waals surface area contributed by atoms with Crippen LogP contribution in [0.2, 0.25) is 0 Å². The summed E-state index contributed by atoms with van der Waals surface area (Å²) < 4.78 is 10.5. The van der Waals surface area contributed by atoms with E-state index < -0.39 is 11.9 Å². The van der Waals surface area contributed by atoms with Gasteiger partial charge < -0.3 is 14.8 Å². The minimum Gasteiger partial charge on any atom is -0.494 e. The lowest BCUT2D eigenvalue weighted by molar-refractivity contribution is -0.141. The van der Waals surface area contributed by atoms with Gasteiger partial charge in [0.25, 0.3) is 5.91 Å². The van der Waals surface area contributed by atoms with Crippen molar-refractivity contribution in [2.45, 2.75) is 46.0 Å². The van der Waals surface area contributed by atoms with Gasteiger partial charge in [0.2, 0.25) is 0 Å². The van der Waals surface area contributed by atoms with Crippen LogP contribution in [-0.2, 0) is 16.0 Å². The lowest BCUT2D eigenvalue weighted by Gasteiger charge is -2.08. The molecule has 0 unspecified atom stereocenters. The Morgan fingerprint density at radius 3 is 2.13 bits per heavy atom. The molecule has 0 aromatic heterocycles. The number of hydrogen-bond acceptors (Lipinski definition) is 5. The average Bonchev–Trinajstić information content (AvgIpc) is 2.80. The van der Waals surface area contributed by atoms with Crippen molar-refractivity contribution >= 4 is 17.7 Å². The Kier molecular flexibility index (Phi) is 10.3. The second-order valence-corrected chi connectivity index (χ2v) is 7.29. The Balaban J connectivity index is 1.72. The first-order valence-corrected chi connectivity index (χ1v) is 10.8. The summed E-state index contributed by atoms with van der Waals surface area (Å²) >= 11 is 0. The van der Waals surface area contributed by atoms with Gasteiger partial charge in [-0.2, -0.15) is 0 Å². The second kappa shape index (κ2) is 13.2. The molecule has 2 rings (SSSR count). The molecule has 31 heavy (non-hydrogen) atoms. The summed E-state index contributed by atoms with van der Waals surface area (Å²) in [5.74, 6) is -0.645. The minimum absolute atomic E-state index is 0.277. The largest absolute Gasteiger partial charge is 0.494 e. The minimum atomic E-state index is -0.666. The maximum Gasteiger partial charge on any atom is 0.325 e. The van der Waals surface area contributed by atoms with Crippen molar-refractivity contribution in [1.82, 2.24) is 5.32 Å². The predicted octanol–water partition coefficient (Wildman–Crippen LogP) is 4.36. The van der Waals surface area contributed by atoms with Crippen LogP contribution in [0.25, 0.3) is 0 Å². The summed E-state index contributed by atoms with van der Waals surface area (Å²) in [6, 6.07) is 14.0. The van der Waals surface area contributed by atoms with Crippen molar-refractivity contribution in [3.05, 3.63) is 65.2 Å². The monoisotopic (exact) mass is 425 g/mol. The van der Waals surface area contributed by atoms with Crippen LogP contribution in [0.15, 0.2) is 48.5 Å². The molecule has 0 atom stereocenters. The molecule has 0 aliphatic rings. The number of rotatable bonds is 13. The van der Waals surface area contributed by atoms with Crippen LogP contribution >= 0.6 is 0 Å². The van der Waals surface area contributed by atoms with E-state index in [1.807, 2.05) is 12.1 Å². The van der Waals surface area contributed by atoms with Gasteiger partial charge in [-0.3, -0.25) is 14.4 Å². The van der Waals surface area contributed by atoms with Crippen molar-refractivity contribution in [1.29, 1.82) is 0 Å². The summed E-state index contributed by atoms with van der Waals surface area (Å²) in [4.78, 5) is 36.2. The highest BCUT2D eigenvalue weighted by atomic mass is 16.5. The average molecular weight is 426 g/mol. The van der Waals surface area contributed by atoms with Crippen LogP contribution in [0.1, 0.15) is 65.8 Å². The Morgan fingerprint density at radius 2 is 1.48 bits per heavy atom. The maximum absolute atomic E-state index is 12.2. The van der Waals surface area contributed by atoms with Gasteiger partial charge in [0.05, 0.1) is 6.61 Å². The zero-order valence-electron chi connectivity index (χ0n) is 18.3. The van der Waals surface area contributed by atoms with Crippen LogP contribution in [0.5, 0.6) is 5.75 Å². The normalized spacial score (nSPS) is 10.4. The Labute approximate surface area is 183 Å². The highest BCUT2D eigenvalue weighted by Gasteiger charge is 2.12. The van der Waals surface area contributed by atoms with Crippen molar-refractivity contribution in [3.63, 3.8) is 0 Å². The van der Waals surface area contributed by atoms with Crippen LogP contribution in [0.4, 0.5) is 0 Å². The first-order chi connectivity index (χ1) is 15.0. The van der Waals surface area contributed by atoms with E-state index in [0.29, 0.717) is 23.5 Å². The number of unbranched alkanes of at least 4 members (excludes halogenated alkanes) is 2. The van der Waals surface area contributed by atoms with Crippen LogP contribution in [-0.4, -0.2) is 37.4 Å². The zero-order valence-corrected chi connectivity index (χ0v) is 18.3. The summed E-state index contributed by atoms with van der Waals surface area (Å²) in [5, 5.41) is 2.50. The van der Waals surface area contributed by atoms with Crippen LogP contribution < -0.4 is 10.1 Å². The number of ether oxygens (including phenoxy) is 2. The SMILES string of the molecule is CCCCOc1ccc(C(=O)NCC(=O)OCC(=O)c2ccc(CCCC)cc2)cc1. The molecule has 0 spiro atoms. The van der Waals surface area contributed by atoms with Crippen molar-refractivity contribution in [2.24, 2.45) is 0 Å². The molecule has 6 nitrogen and oxygen atoms in total. The third kappa shape index (κ3) is 8.62. The van der Waals surface area contributed by atoms with E-state index in [4.69, 9.17) is 9.47 Å². The maximum atomic E-state index is 12.2. The summed E-state index contributed by atoms with van der Waals surface area (Å²) in [7, 11) is 0. The van der Waals surface area contributed by atoms with Crippen molar-refractivity contribution in [2.75, 3.05) is 19.8 Å². The smallest absolute Gasteiger partial charge is 0.325 e. The summed E-state index contributed by atoms with van der Waals surface area (Å²) in [6.07, 6.45) is 5.22. The van der Waals surface area contributed by atoms with Crippen LogP contribution in [0.3, 0.4) is 0 Å². The molecule has 0 saturated carbocycles. The number of carbonyl (C=O) groups is 3. The molecule has 0 bridgehead atoms. The molecule has 2 aromatic rings. The Morgan fingerprint density at radius 1 is 0.839 bits per heavy atom. The molecule has 0 heterocycles. The molecule has 0 fully saturated rings. The van der Waals surface area contributed by atoms with Gasteiger partial charge in [-0.15, -0.1) is 0 Å². The number of nitrogens with one attached hydrogen (secondary N) is 1. The van der Waals surface area contributed by atoms with Gasteiger partial charge in [0.1, 0.15) is 12.3 Å². The number of esters is 1. The van der Waals surface area contributed by atoms with E-state index in [9.17, 15) is 14.4 Å². The number of hydrogen-bond donors (Lipinski definition) is 1. The third-order valence-electron chi connectivity index (χ3n) is 4.74. The van der Waals surface area contributed by atoms with Crippen molar-refractivity contribution in [3.8, 4) is 5.75 Å². The summed E-state index contributed by atoms with van der Waals surface area (Å²) in [5.41, 5.74) is 2.09. The van der Waals surface area contributed by atoms with Gasteiger partial charge in [-0.25, -0.2) is 0 Å². The van der Waals surface area contributed by atoms with Gasteiger partial charge in [-0.1, -0.05) is 51.0 Å². The molecule has 0 radical (unpaired) electrons. The molecule has 6 heteroatoms. The fourth-order valence-corrected chi connectivity index (χ4v) is 2.81. The lowest BCUT2D eigenvalue weighted by Crippen LogP contribution is -2.31. The number of benzene rings is 2. The third-order valence-corrected chi connectivity index (χ3v) is 4.74. The van der Waals surface area contributed by atoms with E-state index >= 15 is 0 Å². The molecule has 1 N–H and O–H groups in total. The molecule has 0 aliphatic carbocycles. The fourth-order valence-electron chi connectivity index (χ4n) is 2.81. The van der Waals surface area contributed by atoms with Crippen LogP contribution in [0, 0.1) is 0 Å². The summed E-state index contributed by atoms with van der Waals surface area (Å²) in [6.45, 7) is 4.19. The quantitative estimate of drug-likeness (QED) is 0.293. The van der Waals surface area contributed by atoms with Gasteiger partial charge in [0.15, 0.2) is 12.4 Å². The van der Waals surface area contributed by atoms with E-state index in [1.165, 1.54) is 5.56 Å². The van der Waals surface area contributed by atoms with E-state index in [1.54, 1.807) is 36.4 Å². The molecule has 0 aliphatic heterocycles. The first-order valence-electron chi connectivity index (χ1n) is 10.8. The van der Waals surface area contributed by atoms with Gasteiger partial charge in [0, 0.05) is 11.1 Å². The zero-order chi connectivity index (χ0) is 22.5. The van der Waals surface area contributed by atoms with E-state index in [0.717, 1.165) is 32.1 Å². The number of aryl methyl sites for hydroxylation is 1.